The molecule has 3 fully saturated rings. The number of hydrogen-bond acceptors (Lipinski definition) is 5. The van der Waals surface area contributed by atoms with E-state index < -0.39 is 0 Å². The molecule has 1 N–H and O–H groups in total. The molecule has 0 bridgehead atoms. The van der Waals surface area contributed by atoms with E-state index in [2.05, 4.69) is 5.32 Å². The van der Waals surface area contributed by atoms with Crippen LogP contribution >= 0.6 is 11.8 Å². The third kappa shape index (κ3) is 2.73. The molecule has 0 aliphatic carbocycles. The summed E-state index contributed by atoms with van der Waals surface area (Å²) in [7, 11) is 1.57. The molecule has 0 aromatic heterocycles. The van der Waals surface area contributed by atoms with Crippen LogP contribution in [0, 0.1) is 0 Å². The summed E-state index contributed by atoms with van der Waals surface area (Å²) in [5, 5.41) is 3.40. The Morgan fingerprint density at radius 2 is 2.10 bits per heavy atom. The van der Waals surface area contributed by atoms with Gasteiger partial charge in [-0.2, -0.15) is 11.8 Å². The van der Waals surface area contributed by atoms with E-state index in [0.717, 1.165) is 43.8 Å². The second-order valence-corrected chi connectivity index (χ2v) is 7.27. The van der Waals surface area contributed by atoms with Gasteiger partial charge in [0.15, 0.2) is 0 Å². The van der Waals surface area contributed by atoms with Gasteiger partial charge >= 0.3 is 0 Å². The minimum Gasteiger partial charge on any atom is -0.375 e. The van der Waals surface area contributed by atoms with Crippen molar-refractivity contribution in [1.29, 1.82) is 0 Å². The lowest BCUT2D eigenvalue weighted by Crippen LogP contribution is -2.52. The van der Waals surface area contributed by atoms with Gasteiger partial charge in [-0.25, -0.2) is 0 Å². The van der Waals surface area contributed by atoms with E-state index >= 15 is 0 Å². The van der Waals surface area contributed by atoms with Crippen LogP contribution in [0.1, 0.15) is 32.1 Å². The highest BCUT2D eigenvalue weighted by Gasteiger charge is 2.42. The Labute approximate surface area is 123 Å². The maximum Gasteiger partial charge on any atom is 0.246 e. The van der Waals surface area contributed by atoms with E-state index in [0.29, 0.717) is 12.5 Å². The van der Waals surface area contributed by atoms with Crippen LogP contribution in [0.3, 0.4) is 0 Å². The van der Waals surface area contributed by atoms with Crippen molar-refractivity contribution in [1.82, 2.24) is 10.2 Å². The van der Waals surface area contributed by atoms with Crippen molar-refractivity contribution in [3.63, 3.8) is 0 Å². The number of hydrogen-bond donors (Lipinski definition) is 1. The van der Waals surface area contributed by atoms with Gasteiger partial charge in [0.25, 0.3) is 0 Å². The quantitative estimate of drug-likeness (QED) is 0.764. The van der Waals surface area contributed by atoms with Crippen LogP contribution in [0.25, 0.3) is 0 Å². The number of nitrogens with one attached hydrogen (secondary N) is 1. The maximum absolute atomic E-state index is 12.0. The summed E-state index contributed by atoms with van der Waals surface area (Å²) in [6.45, 7) is 0.757. The number of ether oxygens (including phenoxy) is 1. The van der Waals surface area contributed by atoms with Crippen molar-refractivity contribution in [2.45, 2.75) is 49.8 Å². The number of thioether (sulfide) groups is 1. The first-order valence-electron chi connectivity index (χ1n) is 7.38. The zero-order chi connectivity index (χ0) is 14.2. The van der Waals surface area contributed by atoms with Crippen molar-refractivity contribution in [3.8, 4) is 0 Å². The summed E-state index contributed by atoms with van der Waals surface area (Å²) >= 11 is 1.99. The predicted molar refractivity (Wildman–Crippen MR) is 77.6 cm³/mol. The van der Waals surface area contributed by atoms with Gasteiger partial charge in [-0.05, 0) is 37.2 Å². The van der Waals surface area contributed by atoms with E-state index in [4.69, 9.17) is 4.74 Å². The highest BCUT2D eigenvalue weighted by atomic mass is 32.2. The lowest BCUT2D eigenvalue weighted by Gasteiger charge is -2.44. The average Bonchev–Trinajstić information content (AvgIpc) is 2.67. The van der Waals surface area contributed by atoms with E-state index in [1.54, 1.807) is 7.05 Å². The summed E-state index contributed by atoms with van der Waals surface area (Å²) in [6.07, 6.45) is 4.40. The fraction of sp³-hybridized carbons (Fsp3) is 0.857. The molecule has 2 unspecified atom stereocenters. The number of likely N-dealkylation sites (tertiary alicyclic amines) is 1. The number of nitrogens with zero attached hydrogens (tertiary/aromatic N) is 1. The Morgan fingerprint density at radius 1 is 1.35 bits per heavy atom. The van der Waals surface area contributed by atoms with E-state index in [-0.39, 0.29) is 23.5 Å². The molecule has 0 radical (unpaired) electrons. The van der Waals surface area contributed by atoms with Crippen LogP contribution < -0.4 is 5.32 Å². The zero-order valence-corrected chi connectivity index (χ0v) is 12.7. The highest BCUT2D eigenvalue weighted by molar-refractivity contribution is 7.99. The Hall–Kier alpha value is -0.590. The number of carbonyl (C=O) groups excluding carboxylic acids is 2. The smallest absolute Gasteiger partial charge is 0.246 e. The van der Waals surface area contributed by atoms with Crippen LogP contribution in [0.5, 0.6) is 0 Å². The van der Waals surface area contributed by atoms with Crippen LogP contribution in [0.4, 0.5) is 0 Å². The number of rotatable bonds is 2. The number of likely N-dealkylation sites (N-methyl/N-ethyl adjacent to an activating group) is 1. The molecule has 112 valence electrons. The maximum atomic E-state index is 12.0. The Morgan fingerprint density at radius 3 is 2.75 bits per heavy atom. The largest absolute Gasteiger partial charge is 0.375 e. The van der Waals surface area contributed by atoms with Gasteiger partial charge in [-0.15, -0.1) is 0 Å². The number of amides is 2. The average molecular weight is 298 g/mol. The second-order valence-electron chi connectivity index (χ2n) is 6.05. The first-order chi connectivity index (χ1) is 9.60. The van der Waals surface area contributed by atoms with Gasteiger partial charge in [-0.3, -0.25) is 14.5 Å². The molecule has 0 saturated carbocycles. The standard InChI is InChI=1S/C14H22N2O3S/c1-16-12(17)8-11(13(16)18)15-10-2-5-19-14(9-10)3-6-20-7-4-14/h10-11,15H,2-9H2,1H3. The molecule has 5 nitrogen and oxygen atoms in total. The van der Waals surface area contributed by atoms with Gasteiger partial charge in [-0.1, -0.05) is 0 Å². The van der Waals surface area contributed by atoms with Crippen LogP contribution in [-0.4, -0.2) is 59.6 Å². The second kappa shape index (κ2) is 5.66. The molecule has 1 spiro atoms. The summed E-state index contributed by atoms with van der Waals surface area (Å²) in [4.78, 5) is 24.8. The molecule has 3 aliphatic rings. The minimum absolute atomic E-state index is 0.0126. The first-order valence-corrected chi connectivity index (χ1v) is 8.53. The SMILES string of the molecule is CN1C(=O)CC(NC2CCOC3(CCSCC3)C2)C1=O. The topological polar surface area (TPSA) is 58.6 Å². The summed E-state index contributed by atoms with van der Waals surface area (Å²) < 4.78 is 6.05. The van der Waals surface area contributed by atoms with Crippen molar-refractivity contribution in [2.24, 2.45) is 0 Å². The summed E-state index contributed by atoms with van der Waals surface area (Å²) in [5.74, 6) is 2.16. The van der Waals surface area contributed by atoms with Gasteiger partial charge in [0, 0.05) is 19.7 Å². The zero-order valence-electron chi connectivity index (χ0n) is 11.9. The van der Waals surface area contributed by atoms with E-state index in [1.165, 1.54) is 4.90 Å². The van der Waals surface area contributed by atoms with Gasteiger partial charge in [0.05, 0.1) is 18.1 Å². The summed E-state index contributed by atoms with van der Waals surface area (Å²) in [6, 6.07) is -0.0364. The third-order valence-corrected chi connectivity index (χ3v) is 5.70. The van der Waals surface area contributed by atoms with Crippen molar-refractivity contribution >= 4 is 23.6 Å². The van der Waals surface area contributed by atoms with Crippen molar-refractivity contribution in [3.05, 3.63) is 0 Å². The van der Waals surface area contributed by atoms with Crippen LogP contribution in [0.2, 0.25) is 0 Å². The number of imide groups is 1. The Bertz CT molecular complexity index is 404. The molecule has 0 aromatic rings. The fourth-order valence-corrected chi connectivity index (χ4v) is 4.67. The van der Waals surface area contributed by atoms with Crippen LogP contribution in [0.15, 0.2) is 0 Å². The third-order valence-electron chi connectivity index (χ3n) is 4.72. The monoisotopic (exact) mass is 298 g/mol. The molecular formula is C14H22N2O3S. The Balaban J connectivity index is 1.60. The summed E-state index contributed by atoms with van der Waals surface area (Å²) in [5.41, 5.74) is 0.0126. The number of carbonyl (C=O) groups is 2. The molecular weight excluding hydrogens is 276 g/mol. The Kier molecular flexibility index (Phi) is 4.06. The van der Waals surface area contributed by atoms with Crippen LogP contribution in [-0.2, 0) is 14.3 Å². The van der Waals surface area contributed by atoms with Gasteiger partial charge in [0.1, 0.15) is 0 Å². The normalized spacial score (nSPS) is 34.0. The van der Waals surface area contributed by atoms with Gasteiger partial charge < -0.3 is 10.1 Å². The molecule has 3 rings (SSSR count). The lowest BCUT2D eigenvalue weighted by molar-refractivity contribution is -0.137. The first kappa shape index (κ1) is 14.4. The highest BCUT2D eigenvalue weighted by Crippen LogP contribution is 2.37. The van der Waals surface area contributed by atoms with E-state index in [1.807, 2.05) is 11.8 Å². The van der Waals surface area contributed by atoms with Crippen molar-refractivity contribution < 1.29 is 14.3 Å². The molecule has 3 saturated heterocycles. The molecule has 2 atom stereocenters. The lowest BCUT2D eigenvalue weighted by atomic mass is 9.85. The molecule has 6 heteroatoms. The molecule has 0 aromatic carbocycles. The molecule has 3 aliphatic heterocycles. The van der Waals surface area contributed by atoms with Crippen molar-refractivity contribution in [2.75, 3.05) is 25.2 Å². The van der Waals surface area contributed by atoms with E-state index in [9.17, 15) is 9.59 Å². The molecule has 20 heavy (non-hydrogen) atoms. The fourth-order valence-electron chi connectivity index (χ4n) is 3.43. The van der Waals surface area contributed by atoms with Gasteiger partial charge in [0.2, 0.25) is 11.8 Å². The molecule has 2 amide bonds. The predicted octanol–water partition coefficient (Wildman–Crippen LogP) is 0.778. The minimum atomic E-state index is -0.328. The molecule has 3 heterocycles.